The summed E-state index contributed by atoms with van der Waals surface area (Å²) in [5.41, 5.74) is 0.724. The van der Waals surface area contributed by atoms with Crippen molar-refractivity contribution >= 4 is 29.5 Å². The summed E-state index contributed by atoms with van der Waals surface area (Å²) in [5, 5.41) is 23.0. The van der Waals surface area contributed by atoms with Gasteiger partial charge in [-0.2, -0.15) is 8.62 Å². The number of rotatable bonds is 8. The summed E-state index contributed by atoms with van der Waals surface area (Å²) in [6, 6.07) is -0.851. The van der Waals surface area contributed by atoms with Gasteiger partial charge in [0.15, 0.2) is 6.23 Å². The molecule has 2 aliphatic heterocycles. The lowest BCUT2D eigenvalue weighted by Crippen LogP contribution is -2.53. The molecule has 1 fully saturated rings. The summed E-state index contributed by atoms with van der Waals surface area (Å²) in [6.45, 7) is -0.979. The fourth-order valence-corrected chi connectivity index (χ4v) is 6.10. The Morgan fingerprint density at radius 3 is 2.42 bits per heavy atom. The number of nitrogens with one attached hydrogen (secondary N) is 1. The van der Waals surface area contributed by atoms with Crippen LogP contribution in [-0.2, 0) is 31.6 Å². The minimum absolute atomic E-state index is 0.228. The lowest BCUT2D eigenvalue weighted by molar-refractivity contribution is -0.0656. The summed E-state index contributed by atoms with van der Waals surface area (Å²) in [5.74, 6) is 0. The van der Waals surface area contributed by atoms with E-state index in [2.05, 4.69) is 18.5 Å². The maximum atomic E-state index is 12.3. The second-order valence-electron chi connectivity index (χ2n) is 6.61. The minimum Gasteiger partial charge on any atom is -0.387 e. The Kier molecular flexibility index (Phi) is 6.98. The number of phosphoric acid groups is 3. The molecule has 0 bridgehead atoms. The average molecular weight is 508 g/mol. The topological polar surface area (TPSA) is 242 Å². The molecule has 19 heteroatoms. The molecule has 3 rings (SSSR count). The third kappa shape index (κ3) is 6.09. The molecule has 1 aliphatic carbocycles. The van der Waals surface area contributed by atoms with E-state index in [1.165, 1.54) is 6.20 Å². The first-order chi connectivity index (χ1) is 14.2. The number of carbonyl (C=O) groups excluding carboxylic acids is 1. The van der Waals surface area contributed by atoms with Gasteiger partial charge in [-0.05, 0) is 12.0 Å². The fraction of sp³-hybridized carbons (Fsp3) is 0.583. The van der Waals surface area contributed by atoms with Crippen LogP contribution in [0.25, 0.3) is 0 Å². The maximum absolute atomic E-state index is 12.3. The van der Waals surface area contributed by atoms with E-state index >= 15 is 0 Å². The Morgan fingerprint density at radius 1 is 1.10 bits per heavy atom. The fourth-order valence-electron chi connectivity index (χ4n) is 3.07. The lowest BCUT2D eigenvalue weighted by atomic mass is 10.1. The molecule has 3 aliphatic rings. The van der Waals surface area contributed by atoms with Gasteiger partial charge in [0.25, 0.3) is 0 Å². The zero-order chi connectivity index (χ0) is 23.2. The summed E-state index contributed by atoms with van der Waals surface area (Å²) in [6.07, 6.45) is -0.670. The molecule has 1 saturated heterocycles. The molecule has 16 nitrogen and oxygen atoms in total. The predicted molar refractivity (Wildman–Crippen MR) is 96.5 cm³/mol. The molecule has 0 spiro atoms. The van der Waals surface area contributed by atoms with Crippen molar-refractivity contribution in [2.24, 2.45) is 0 Å². The second kappa shape index (κ2) is 8.76. The van der Waals surface area contributed by atoms with Crippen LogP contribution in [0, 0.1) is 0 Å². The second-order valence-corrected chi connectivity index (χ2v) is 11.0. The summed E-state index contributed by atoms with van der Waals surface area (Å²) < 4.78 is 50.6. The minimum atomic E-state index is -5.71. The van der Waals surface area contributed by atoms with Crippen molar-refractivity contribution in [1.82, 2.24) is 10.2 Å². The van der Waals surface area contributed by atoms with Crippen LogP contribution in [0.5, 0.6) is 0 Å². The van der Waals surface area contributed by atoms with Gasteiger partial charge in [-0.15, -0.1) is 0 Å². The van der Waals surface area contributed by atoms with Crippen molar-refractivity contribution in [2.45, 2.75) is 37.0 Å². The van der Waals surface area contributed by atoms with Crippen LogP contribution in [0.4, 0.5) is 4.79 Å². The molecule has 2 amide bonds. The normalized spacial score (nSPS) is 34.6. The number of nitrogens with zero attached hydrogens (tertiary/aromatic N) is 1. The first kappa shape index (κ1) is 24.7. The number of amides is 2. The van der Waals surface area contributed by atoms with Gasteiger partial charge in [0, 0.05) is 6.20 Å². The highest BCUT2D eigenvalue weighted by Crippen LogP contribution is 2.66. The summed E-state index contributed by atoms with van der Waals surface area (Å²) in [7, 11) is -16.7. The molecule has 7 N–H and O–H groups in total. The third-order valence-corrected chi connectivity index (χ3v) is 8.14. The zero-order valence-electron chi connectivity index (χ0n) is 15.3. The largest absolute Gasteiger partial charge is 0.490 e. The predicted octanol–water partition coefficient (Wildman–Crippen LogP) is -0.986. The standard InChI is InChI=1S/C12H19N2O14P3/c15-9-8(5-25-30(21,22)28-31(23,24)27-29(18,19)20)26-11(10(9)16)14-4-6-2-1-3-7(6)13-12(14)17/h1-2,4,7-11,15-16H,3,5H2,(H,13,17)(H,21,22)(H,23,24)(H2,18,19,20). The number of aliphatic hydroxyl groups excluding tert-OH is 2. The van der Waals surface area contributed by atoms with E-state index < -0.39 is 60.6 Å². The molecule has 7 atom stereocenters. The van der Waals surface area contributed by atoms with Crippen molar-refractivity contribution in [2.75, 3.05) is 6.61 Å². The van der Waals surface area contributed by atoms with E-state index in [0.29, 0.717) is 6.42 Å². The van der Waals surface area contributed by atoms with E-state index in [1.807, 2.05) is 6.08 Å². The molecule has 0 aromatic heterocycles. The van der Waals surface area contributed by atoms with Gasteiger partial charge in [-0.3, -0.25) is 9.42 Å². The quantitative estimate of drug-likeness (QED) is 0.195. The van der Waals surface area contributed by atoms with Gasteiger partial charge >= 0.3 is 29.5 Å². The molecule has 0 aromatic rings. The first-order valence-corrected chi connectivity index (χ1v) is 13.0. The third-order valence-electron chi connectivity index (χ3n) is 4.33. The SMILES string of the molecule is O=C1NC2CC=CC2=CN1C1OC(COP(=O)(O)OP(=O)(O)OP(=O)(O)O)C(O)C1O. The number of hydrogen-bond donors (Lipinski definition) is 7. The van der Waals surface area contributed by atoms with Crippen LogP contribution in [-0.4, -0.2) is 77.9 Å². The number of urea groups is 1. The van der Waals surface area contributed by atoms with Crippen molar-refractivity contribution in [3.8, 4) is 0 Å². The molecular weight excluding hydrogens is 489 g/mol. The summed E-state index contributed by atoms with van der Waals surface area (Å²) in [4.78, 5) is 48.8. The van der Waals surface area contributed by atoms with Crippen LogP contribution in [0.1, 0.15) is 6.42 Å². The highest BCUT2D eigenvalue weighted by atomic mass is 31.3. The number of carbonyl (C=O) groups is 1. The van der Waals surface area contributed by atoms with Crippen LogP contribution in [0.15, 0.2) is 23.9 Å². The number of aliphatic hydroxyl groups is 2. The first-order valence-electron chi connectivity index (χ1n) is 8.44. The molecule has 176 valence electrons. The van der Waals surface area contributed by atoms with Crippen molar-refractivity contribution in [3.05, 3.63) is 23.9 Å². The highest BCUT2D eigenvalue weighted by molar-refractivity contribution is 7.66. The van der Waals surface area contributed by atoms with Gasteiger partial charge in [0.2, 0.25) is 0 Å². The zero-order valence-corrected chi connectivity index (χ0v) is 18.0. The number of hydrogen-bond acceptors (Lipinski definition) is 10. The molecule has 7 unspecified atom stereocenters. The van der Waals surface area contributed by atoms with E-state index in [4.69, 9.17) is 19.4 Å². The summed E-state index contributed by atoms with van der Waals surface area (Å²) >= 11 is 0. The number of fused-ring (bicyclic) bond motifs is 1. The molecule has 31 heavy (non-hydrogen) atoms. The maximum Gasteiger partial charge on any atom is 0.490 e. The van der Waals surface area contributed by atoms with Crippen LogP contribution >= 0.6 is 23.5 Å². The Hall–Kier alpha value is -0.960. The van der Waals surface area contributed by atoms with Gasteiger partial charge < -0.3 is 39.8 Å². The van der Waals surface area contributed by atoms with Gasteiger partial charge in [0.1, 0.15) is 18.3 Å². The van der Waals surface area contributed by atoms with E-state index in [0.717, 1.165) is 10.5 Å². The van der Waals surface area contributed by atoms with Crippen LogP contribution in [0.2, 0.25) is 0 Å². The Bertz CT molecular complexity index is 932. The molecular formula is C12H19N2O14P3. The lowest BCUT2D eigenvalue weighted by Gasteiger charge is -2.33. The van der Waals surface area contributed by atoms with Crippen LogP contribution < -0.4 is 5.32 Å². The monoisotopic (exact) mass is 508 g/mol. The molecule has 0 radical (unpaired) electrons. The smallest absolute Gasteiger partial charge is 0.387 e. The Labute approximate surface area is 174 Å². The van der Waals surface area contributed by atoms with Gasteiger partial charge in [-0.1, -0.05) is 12.2 Å². The van der Waals surface area contributed by atoms with E-state index in [-0.39, 0.29) is 6.04 Å². The van der Waals surface area contributed by atoms with Crippen LogP contribution in [0.3, 0.4) is 0 Å². The van der Waals surface area contributed by atoms with Crippen molar-refractivity contribution < 1.29 is 66.2 Å². The van der Waals surface area contributed by atoms with E-state index in [9.17, 15) is 33.6 Å². The molecule has 0 saturated carbocycles. The average Bonchev–Trinajstić information content (AvgIpc) is 3.14. The van der Waals surface area contributed by atoms with Crippen molar-refractivity contribution in [1.29, 1.82) is 0 Å². The Morgan fingerprint density at radius 2 is 1.77 bits per heavy atom. The van der Waals surface area contributed by atoms with Gasteiger partial charge in [-0.25, -0.2) is 18.5 Å². The van der Waals surface area contributed by atoms with Gasteiger partial charge in [0.05, 0.1) is 12.6 Å². The Balaban J connectivity index is 1.63. The number of ether oxygens (including phenoxy) is 1. The van der Waals surface area contributed by atoms with E-state index in [1.54, 1.807) is 6.08 Å². The number of phosphoric ester groups is 1. The highest BCUT2D eigenvalue weighted by Gasteiger charge is 2.49. The molecule has 2 heterocycles. The van der Waals surface area contributed by atoms with Crippen molar-refractivity contribution in [3.63, 3.8) is 0 Å². The molecule has 0 aromatic carbocycles.